The highest BCUT2D eigenvalue weighted by molar-refractivity contribution is 6.30. The summed E-state index contributed by atoms with van der Waals surface area (Å²) in [6, 6.07) is 7.36. The second-order valence-corrected chi connectivity index (χ2v) is 11.1. The van der Waals surface area contributed by atoms with Gasteiger partial charge in [-0.3, -0.25) is 9.59 Å². The summed E-state index contributed by atoms with van der Waals surface area (Å²) in [5, 5.41) is 0.617. The molecule has 0 saturated carbocycles. The van der Waals surface area contributed by atoms with Crippen LogP contribution in [-0.4, -0.2) is 64.0 Å². The van der Waals surface area contributed by atoms with Gasteiger partial charge in [-0.1, -0.05) is 31.5 Å². The Morgan fingerprint density at radius 2 is 1.86 bits per heavy atom. The minimum Gasteiger partial charge on any atom is -0.493 e. The lowest BCUT2D eigenvalue weighted by Crippen LogP contribution is -2.51. The average Bonchev–Trinajstić information content (AvgIpc) is 3.36. The molecule has 0 bridgehead atoms. The third-order valence-corrected chi connectivity index (χ3v) is 7.66. The number of carbonyl (C=O) groups is 2. The van der Waals surface area contributed by atoms with Gasteiger partial charge in [-0.15, -0.1) is 0 Å². The molecule has 196 valence electrons. The largest absolute Gasteiger partial charge is 0.493 e. The highest BCUT2D eigenvalue weighted by atomic mass is 35.5. The number of hydrogen-bond acceptors (Lipinski definition) is 4. The van der Waals surface area contributed by atoms with Gasteiger partial charge in [0.1, 0.15) is 11.6 Å². The molecule has 2 saturated heterocycles. The molecule has 7 nitrogen and oxygen atoms in total. The first-order chi connectivity index (χ1) is 17.3. The highest BCUT2D eigenvalue weighted by Crippen LogP contribution is 2.36. The lowest BCUT2D eigenvalue weighted by atomic mass is 9.77. The topological polar surface area (TPSA) is 67.7 Å². The van der Waals surface area contributed by atoms with E-state index >= 15 is 0 Å². The molecule has 1 atom stereocenters. The van der Waals surface area contributed by atoms with Gasteiger partial charge in [0.05, 0.1) is 6.61 Å². The van der Waals surface area contributed by atoms with Crippen molar-refractivity contribution in [1.29, 1.82) is 0 Å². The third-order valence-electron chi connectivity index (χ3n) is 7.42. The Morgan fingerprint density at radius 1 is 1.08 bits per heavy atom. The first-order valence-corrected chi connectivity index (χ1v) is 13.7. The van der Waals surface area contributed by atoms with E-state index in [0.29, 0.717) is 49.2 Å². The summed E-state index contributed by atoms with van der Waals surface area (Å²) in [7, 11) is 0. The van der Waals surface area contributed by atoms with Crippen molar-refractivity contribution in [2.24, 2.45) is 5.41 Å². The number of hydrogen-bond donors (Lipinski definition) is 0. The molecule has 4 rings (SSSR count). The zero-order valence-electron chi connectivity index (χ0n) is 21.6. The van der Waals surface area contributed by atoms with Gasteiger partial charge >= 0.3 is 0 Å². The number of benzene rings is 1. The number of halogens is 1. The Bertz CT molecular complexity index is 1030. The number of piperidine rings is 2. The Labute approximate surface area is 219 Å². The van der Waals surface area contributed by atoms with E-state index in [1.165, 1.54) is 6.42 Å². The van der Waals surface area contributed by atoms with E-state index in [4.69, 9.17) is 16.3 Å². The van der Waals surface area contributed by atoms with Gasteiger partial charge < -0.3 is 19.1 Å². The van der Waals surface area contributed by atoms with E-state index in [2.05, 4.69) is 23.4 Å². The number of ether oxygens (including phenoxy) is 1. The summed E-state index contributed by atoms with van der Waals surface area (Å²) in [5.74, 6) is 2.30. The molecule has 2 fully saturated rings. The quantitative estimate of drug-likeness (QED) is 0.464. The van der Waals surface area contributed by atoms with Gasteiger partial charge in [-0.2, -0.15) is 0 Å². The van der Waals surface area contributed by atoms with Crippen LogP contribution in [0.4, 0.5) is 0 Å². The normalized spacial score (nSPS) is 20.6. The Balaban J connectivity index is 1.45. The molecular formula is C28H39ClN4O3. The molecule has 2 aliphatic rings. The van der Waals surface area contributed by atoms with E-state index in [1.54, 1.807) is 12.3 Å². The van der Waals surface area contributed by atoms with Crippen molar-refractivity contribution in [3.05, 3.63) is 47.5 Å². The number of imidazole rings is 1. The van der Waals surface area contributed by atoms with Crippen molar-refractivity contribution >= 4 is 23.4 Å². The van der Waals surface area contributed by atoms with Crippen LogP contribution in [0, 0.1) is 5.41 Å². The first-order valence-electron chi connectivity index (χ1n) is 13.3. The van der Waals surface area contributed by atoms with Gasteiger partial charge in [0.2, 0.25) is 11.8 Å². The summed E-state index contributed by atoms with van der Waals surface area (Å²) in [4.78, 5) is 35.0. The molecule has 1 aromatic heterocycles. The molecule has 2 aliphatic heterocycles. The number of likely N-dealkylation sites (tertiary alicyclic amines) is 2. The lowest BCUT2D eigenvalue weighted by molar-refractivity contribution is -0.142. The Kier molecular flexibility index (Phi) is 8.94. The van der Waals surface area contributed by atoms with Gasteiger partial charge in [-0.05, 0) is 50.3 Å². The predicted molar refractivity (Wildman–Crippen MR) is 141 cm³/mol. The van der Waals surface area contributed by atoms with Crippen molar-refractivity contribution in [2.45, 2.75) is 71.3 Å². The highest BCUT2D eigenvalue weighted by Gasteiger charge is 2.41. The maximum atomic E-state index is 13.3. The summed E-state index contributed by atoms with van der Waals surface area (Å²) in [6.45, 7) is 8.13. The molecule has 8 heteroatoms. The summed E-state index contributed by atoms with van der Waals surface area (Å²) in [6.07, 6.45) is 9.59. The second-order valence-electron chi connectivity index (χ2n) is 10.7. The Morgan fingerprint density at radius 3 is 2.61 bits per heavy atom. The third kappa shape index (κ3) is 6.81. The van der Waals surface area contributed by atoms with Crippen molar-refractivity contribution < 1.29 is 14.3 Å². The van der Waals surface area contributed by atoms with Crippen molar-refractivity contribution in [1.82, 2.24) is 19.4 Å². The number of amides is 2. The fourth-order valence-corrected chi connectivity index (χ4v) is 5.67. The van der Waals surface area contributed by atoms with E-state index < -0.39 is 5.41 Å². The van der Waals surface area contributed by atoms with Crippen LogP contribution in [0.2, 0.25) is 5.02 Å². The molecular weight excluding hydrogens is 476 g/mol. The van der Waals surface area contributed by atoms with Crippen LogP contribution in [0.15, 0.2) is 36.7 Å². The molecule has 0 spiro atoms. The summed E-state index contributed by atoms with van der Waals surface area (Å²) in [5.41, 5.74) is -0.414. The number of rotatable bonds is 9. The van der Waals surface area contributed by atoms with Gasteiger partial charge in [0.15, 0.2) is 0 Å². The average molecular weight is 515 g/mol. The number of aromatic nitrogens is 2. The number of aryl methyl sites for hydroxylation is 1. The SMILES string of the molecule is CC(C)c1nccn1CCC(=O)N1CCCC(COc2cccc(Cl)c2)(CC(=O)N2CCCCC2)C1. The minimum absolute atomic E-state index is 0.121. The smallest absolute Gasteiger partial charge is 0.224 e. The van der Waals surface area contributed by atoms with Crippen molar-refractivity contribution in [2.75, 3.05) is 32.8 Å². The predicted octanol–water partition coefficient (Wildman–Crippen LogP) is 5.14. The van der Waals surface area contributed by atoms with Crippen LogP contribution < -0.4 is 4.74 Å². The molecule has 1 aromatic carbocycles. The van der Waals surface area contributed by atoms with Crippen LogP contribution in [0.25, 0.3) is 0 Å². The zero-order chi connectivity index (χ0) is 25.5. The fraction of sp³-hybridized carbons (Fsp3) is 0.607. The van der Waals surface area contributed by atoms with Crippen molar-refractivity contribution in [3.63, 3.8) is 0 Å². The maximum Gasteiger partial charge on any atom is 0.224 e. The van der Waals surface area contributed by atoms with Crippen molar-refractivity contribution in [3.8, 4) is 5.75 Å². The number of nitrogens with zero attached hydrogens (tertiary/aromatic N) is 4. The molecule has 2 aromatic rings. The van der Waals surface area contributed by atoms with Crippen LogP contribution in [0.1, 0.15) is 70.5 Å². The molecule has 1 unspecified atom stereocenters. The molecule has 36 heavy (non-hydrogen) atoms. The monoisotopic (exact) mass is 514 g/mol. The fourth-order valence-electron chi connectivity index (χ4n) is 5.49. The zero-order valence-corrected chi connectivity index (χ0v) is 22.4. The number of carbonyl (C=O) groups excluding carboxylic acids is 2. The van der Waals surface area contributed by atoms with Gasteiger partial charge in [-0.25, -0.2) is 4.98 Å². The molecule has 3 heterocycles. The van der Waals surface area contributed by atoms with E-state index in [0.717, 1.165) is 51.1 Å². The lowest BCUT2D eigenvalue weighted by Gasteiger charge is -2.43. The standard InChI is InChI=1S/C28H39ClN4O3/c1-22(2)27-30-12-17-32(27)16-10-25(34)33-15-7-11-28(20-33,19-26(35)31-13-4-3-5-14-31)21-36-24-9-6-8-23(29)18-24/h6,8-9,12,17-18,22H,3-5,7,10-11,13-16,19-21H2,1-2H3. The molecule has 0 radical (unpaired) electrons. The molecule has 0 N–H and O–H groups in total. The van der Waals surface area contributed by atoms with Gasteiger partial charge in [0, 0.05) is 74.3 Å². The van der Waals surface area contributed by atoms with Crippen LogP contribution in [0.5, 0.6) is 5.75 Å². The van der Waals surface area contributed by atoms with Crippen LogP contribution in [0.3, 0.4) is 0 Å². The van der Waals surface area contributed by atoms with Gasteiger partial charge in [0.25, 0.3) is 0 Å². The van der Waals surface area contributed by atoms with Crippen LogP contribution in [-0.2, 0) is 16.1 Å². The van der Waals surface area contributed by atoms with E-state index in [9.17, 15) is 9.59 Å². The summed E-state index contributed by atoms with van der Waals surface area (Å²) >= 11 is 6.16. The maximum absolute atomic E-state index is 13.3. The Hall–Kier alpha value is -2.54. The molecule has 2 amide bonds. The first kappa shape index (κ1) is 26.5. The second kappa shape index (κ2) is 12.1. The van der Waals surface area contributed by atoms with E-state index in [-0.39, 0.29) is 11.8 Å². The van der Waals surface area contributed by atoms with Crippen LogP contribution >= 0.6 is 11.6 Å². The summed E-state index contributed by atoms with van der Waals surface area (Å²) < 4.78 is 8.27. The molecule has 0 aliphatic carbocycles. The minimum atomic E-state index is -0.414. The van der Waals surface area contributed by atoms with E-state index in [1.807, 2.05) is 34.2 Å².